The van der Waals surface area contributed by atoms with Crippen LogP contribution >= 0.6 is 0 Å². The van der Waals surface area contributed by atoms with E-state index in [2.05, 4.69) is 41.3 Å². The van der Waals surface area contributed by atoms with E-state index in [4.69, 9.17) is 0 Å². The summed E-state index contributed by atoms with van der Waals surface area (Å²) in [6.07, 6.45) is -1.06. The average Bonchev–Trinajstić information content (AvgIpc) is 3.74. The van der Waals surface area contributed by atoms with E-state index in [0.717, 1.165) is 22.1 Å². The molecule has 1 unspecified atom stereocenters. The lowest BCUT2D eigenvalue weighted by Crippen LogP contribution is -2.39. The molecule has 7 rings (SSSR count). The molecule has 0 spiro atoms. The molecule has 1 N–H and O–H groups in total. The fraction of sp³-hybridized carbons (Fsp3) is 0.111. The summed E-state index contributed by atoms with van der Waals surface area (Å²) in [7, 11) is -3.97. The van der Waals surface area contributed by atoms with Gasteiger partial charge in [-0.2, -0.15) is 0 Å². The summed E-state index contributed by atoms with van der Waals surface area (Å²) < 4.78 is 29.4. The van der Waals surface area contributed by atoms with E-state index >= 15 is 0 Å². The minimum Gasteiger partial charge on any atom is -0.385 e. The van der Waals surface area contributed by atoms with Crippen molar-refractivity contribution in [1.82, 2.24) is 8.87 Å². The first-order valence-electron chi connectivity index (χ1n) is 14.1. The van der Waals surface area contributed by atoms with Gasteiger partial charge < -0.3 is 5.11 Å². The van der Waals surface area contributed by atoms with Crippen LogP contribution in [-0.4, -0.2) is 35.0 Å². The van der Waals surface area contributed by atoms with Crippen molar-refractivity contribution in [2.45, 2.75) is 22.6 Å². The van der Waals surface area contributed by atoms with Gasteiger partial charge in [0.05, 0.1) is 27.7 Å². The maximum Gasteiger partial charge on any atom is 0.268 e. The molecule has 0 aliphatic carbocycles. The normalized spacial score (nSPS) is 17.6. The van der Waals surface area contributed by atoms with E-state index in [1.165, 1.54) is 3.97 Å². The Labute approximate surface area is 246 Å². The lowest BCUT2D eigenvalue weighted by atomic mass is 9.76. The highest BCUT2D eigenvalue weighted by Crippen LogP contribution is 2.51. The molecule has 5 aromatic carbocycles. The Bertz CT molecular complexity index is 1840. The van der Waals surface area contributed by atoms with E-state index in [1.54, 1.807) is 36.4 Å². The van der Waals surface area contributed by atoms with Crippen LogP contribution in [-0.2, 0) is 15.6 Å². The Morgan fingerprint density at radius 2 is 1.10 bits per heavy atom. The fourth-order valence-corrected chi connectivity index (χ4v) is 7.94. The second-order valence-electron chi connectivity index (χ2n) is 10.7. The molecule has 1 fully saturated rings. The first kappa shape index (κ1) is 26.4. The highest BCUT2D eigenvalue weighted by Gasteiger charge is 2.56. The van der Waals surface area contributed by atoms with E-state index < -0.39 is 21.7 Å². The van der Waals surface area contributed by atoms with E-state index in [1.807, 2.05) is 78.9 Å². The molecule has 1 aliphatic rings. The van der Waals surface area contributed by atoms with Crippen molar-refractivity contribution < 1.29 is 13.5 Å². The van der Waals surface area contributed by atoms with E-state index in [0.29, 0.717) is 17.8 Å². The molecule has 0 amide bonds. The van der Waals surface area contributed by atoms with Crippen molar-refractivity contribution in [2.24, 2.45) is 0 Å². The van der Waals surface area contributed by atoms with Gasteiger partial charge in [0, 0.05) is 11.9 Å². The Kier molecular flexibility index (Phi) is 6.54. The van der Waals surface area contributed by atoms with Gasteiger partial charge in [0.15, 0.2) is 0 Å². The fourth-order valence-electron chi connectivity index (χ4n) is 6.37. The molecule has 42 heavy (non-hydrogen) atoms. The van der Waals surface area contributed by atoms with Crippen molar-refractivity contribution in [3.63, 3.8) is 0 Å². The predicted octanol–water partition coefficient (Wildman–Crippen LogP) is 6.59. The van der Waals surface area contributed by atoms with Crippen LogP contribution < -0.4 is 0 Å². The third-order valence-electron chi connectivity index (χ3n) is 8.30. The maximum absolute atomic E-state index is 14.1. The second-order valence-corrected chi connectivity index (χ2v) is 12.5. The number of benzene rings is 5. The van der Waals surface area contributed by atoms with Crippen molar-refractivity contribution in [3.05, 3.63) is 174 Å². The molecule has 0 bridgehead atoms. The summed E-state index contributed by atoms with van der Waals surface area (Å²) in [5, 5.41) is 12.9. The molecule has 1 aromatic heterocycles. The van der Waals surface area contributed by atoms with Crippen LogP contribution in [0.2, 0.25) is 0 Å². The van der Waals surface area contributed by atoms with Crippen LogP contribution in [0, 0.1) is 0 Å². The van der Waals surface area contributed by atoms with Gasteiger partial charge in [0.2, 0.25) is 0 Å². The topological polar surface area (TPSA) is 62.3 Å². The number of hydrogen-bond donors (Lipinski definition) is 1. The van der Waals surface area contributed by atoms with Crippen LogP contribution in [0.5, 0.6) is 0 Å². The Hall–Kier alpha value is -4.49. The first-order valence-corrected chi connectivity index (χ1v) is 15.5. The van der Waals surface area contributed by atoms with Crippen molar-refractivity contribution in [3.8, 4) is 0 Å². The van der Waals surface area contributed by atoms with Gasteiger partial charge in [-0.15, -0.1) is 0 Å². The molecular weight excluding hydrogens is 540 g/mol. The van der Waals surface area contributed by atoms with Crippen molar-refractivity contribution in [2.75, 3.05) is 6.54 Å². The molecule has 1 aliphatic heterocycles. The molecular formula is C36H30N2O3S. The number of hydrogen-bond acceptors (Lipinski definition) is 4. The summed E-state index contributed by atoms with van der Waals surface area (Å²) >= 11 is 0. The monoisotopic (exact) mass is 570 g/mol. The van der Waals surface area contributed by atoms with Crippen LogP contribution in [0.25, 0.3) is 10.9 Å². The van der Waals surface area contributed by atoms with Gasteiger partial charge in [-0.1, -0.05) is 127 Å². The largest absolute Gasteiger partial charge is 0.385 e. The van der Waals surface area contributed by atoms with Crippen LogP contribution in [0.4, 0.5) is 0 Å². The minimum absolute atomic E-state index is 0.180. The van der Waals surface area contributed by atoms with Crippen LogP contribution in [0.1, 0.15) is 28.5 Å². The predicted molar refractivity (Wildman–Crippen MR) is 166 cm³/mol. The number of nitrogens with zero attached hydrogens (tertiary/aromatic N) is 2. The SMILES string of the molecule is O=S(=O)(c1ccccc1)n1c([C@H](O)[C@@H]2CN2C(c2ccccc2)(c2ccccc2)c2ccccc2)cc2ccccc21. The smallest absolute Gasteiger partial charge is 0.268 e. The quantitative estimate of drug-likeness (QED) is 0.166. The lowest BCUT2D eigenvalue weighted by Gasteiger charge is -2.38. The zero-order valence-electron chi connectivity index (χ0n) is 22.9. The Morgan fingerprint density at radius 3 is 1.62 bits per heavy atom. The second kappa shape index (κ2) is 10.4. The zero-order chi connectivity index (χ0) is 28.7. The number of para-hydroxylation sites is 1. The van der Waals surface area contributed by atoms with Crippen LogP contribution in [0.3, 0.4) is 0 Å². The molecule has 3 atom stereocenters. The summed E-state index contributed by atoms with van der Waals surface area (Å²) in [5.41, 5.74) is 3.45. The van der Waals surface area contributed by atoms with Gasteiger partial charge >= 0.3 is 0 Å². The van der Waals surface area contributed by atoms with Gasteiger partial charge in [-0.05, 0) is 41.0 Å². The van der Waals surface area contributed by atoms with E-state index in [9.17, 15) is 13.5 Å². The molecule has 208 valence electrons. The minimum atomic E-state index is -3.97. The van der Waals surface area contributed by atoms with E-state index in [-0.39, 0.29) is 10.9 Å². The van der Waals surface area contributed by atoms with Gasteiger partial charge in [0.1, 0.15) is 6.10 Å². The average molecular weight is 571 g/mol. The zero-order valence-corrected chi connectivity index (χ0v) is 23.7. The molecule has 6 aromatic rings. The first-order chi connectivity index (χ1) is 20.5. The molecule has 1 saturated heterocycles. The van der Waals surface area contributed by atoms with Crippen molar-refractivity contribution in [1.29, 1.82) is 0 Å². The maximum atomic E-state index is 14.1. The van der Waals surface area contributed by atoms with Gasteiger partial charge in [-0.3, -0.25) is 4.90 Å². The number of aliphatic hydroxyl groups is 1. The molecule has 2 heterocycles. The molecule has 0 radical (unpaired) electrons. The Balaban J connectivity index is 1.40. The summed E-state index contributed by atoms with van der Waals surface area (Å²) in [6, 6.07) is 48.2. The third-order valence-corrected chi connectivity index (χ3v) is 10.1. The Morgan fingerprint density at radius 1 is 0.643 bits per heavy atom. The standard InChI is InChI=1S/C36H30N2O3S/c39-35(33-25-27-15-13-14-24-32(27)38(33)42(40,41)31-22-11-4-12-23-31)34-26-37(34)36(28-16-5-1-6-17-28,29-18-7-2-8-19-29)30-20-9-3-10-21-30/h1-25,34-35,39H,26H2/t34-,35-,37?/m0/s1. The number of aliphatic hydroxyl groups excluding tert-OH is 1. The molecule has 0 saturated carbocycles. The third kappa shape index (κ3) is 4.19. The summed E-state index contributed by atoms with van der Waals surface area (Å²) in [6.45, 7) is 0.576. The highest BCUT2D eigenvalue weighted by atomic mass is 32.2. The van der Waals surface area contributed by atoms with Gasteiger partial charge in [0.25, 0.3) is 10.0 Å². The lowest BCUT2D eigenvalue weighted by molar-refractivity contribution is 0.137. The number of aromatic nitrogens is 1. The van der Waals surface area contributed by atoms with Crippen LogP contribution in [0.15, 0.2) is 157 Å². The molecule has 5 nitrogen and oxygen atoms in total. The van der Waals surface area contributed by atoms with Gasteiger partial charge in [-0.25, -0.2) is 12.4 Å². The van der Waals surface area contributed by atoms with Crippen molar-refractivity contribution >= 4 is 20.9 Å². The number of rotatable bonds is 8. The number of fused-ring (bicyclic) bond motifs is 1. The summed E-state index contributed by atoms with van der Waals surface area (Å²) in [4.78, 5) is 2.47. The highest BCUT2D eigenvalue weighted by molar-refractivity contribution is 7.90. The summed E-state index contributed by atoms with van der Waals surface area (Å²) in [5.74, 6) is 0. The molecule has 6 heteroatoms.